The van der Waals surface area contributed by atoms with Gasteiger partial charge in [0.15, 0.2) is 0 Å². The van der Waals surface area contributed by atoms with Gasteiger partial charge < -0.3 is 9.84 Å². The van der Waals surface area contributed by atoms with Crippen molar-refractivity contribution in [2.75, 3.05) is 13.7 Å². The monoisotopic (exact) mass is 250 g/mol. The van der Waals surface area contributed by atoms with E-state index in [-0.39, 0.29) is 12.2 Å². The summed E-state index contributed by atoms with van der Waals surface area (Å²) in [5.41, 5.74) is 0.932. The first-order chi connectivity index (χ1) is 8.61. The summed E-state index contributed by atoms with van der Waals surface area (Å²) in [5, 5.41) is 8.64. The summed E-state index contributed by atoms with van der Waals surface area (Å²) in [4.78, 5) is 11.5. The fourth-order valence-corrected chi connectivity index (χ4v) is 1.46. The lowest BCUT2D eigenvalue weighted by Crippen LogP contribution is -2.08. The topological polar surface area (TPSA) is 46.5 Å². The van der Waals surface area contributed by atoms with Gasteiger partial charge in [0.25, 0.3) is 0 Å². The second kappa shape index (κ2) is 6.77. The summed E-state index contributed by atoms with van der Waals surface area (Å²) in [6.45, 7) is 1.81. The van der Waals surface area contributed by atoms with Gasteiger partial charge >= 0.3 is 5.97 Å². The number of unbranched alkanes of at least 4 members (excludes halogenated alkanes) is 1. The van der Waals surface area contributed by atoms with Crippen molar-refractivity contribution >= 4 is 5.97 Å². The summed E-state index contributed by atoms with van der Waals surface area (Å²) in [6.07, 6.45) is 1.04. The minimum atomic E-state index is -0.734. The molecule has 0 bridgehead atoms. The van der Waals surface area contributed by atoms with E-state index in [0.717, 1.165) is 0 Å². The van der Waals surface area contributed by atoms with Crippen molar-refractivity contribution in [3.63, 3.8) is 0 Å². The molecule has 0 radical (unpaired) electrons. The minimum Gasteiger partial charge on any atom is -0.465 e. The van der Waals surface area contributed by atoms with Crippen LogP contribution in [0.2, 0.25) is 0 Å². The van der Waals surface area contributed by atoms with Crippen LogP contribution in [0.5, 0.6) is 0 Å². The van der Waals surface area contributed by atoms with Gasteiger partial charge in [0.05, 0.1) is 7.11 Å². The summed E-state index contributed by atoms with van der Waals surface area (Å²) in [5.74, 6) is 4.20. The van der Waals surface area contributed by atoms with Gasteiger partial charge in [-0.2, -0.15) is 0 Å². The molecule has 3 nitrogen and oxygen atoms in total. The Morgan fingerprint density at radius 2 is 2.22 bits per heavy atom. The van der Waals surface area contributed by atoms with Gasteiger partial charge in [-0.25, -0.2) is 9.18 Å². The average Bonchev–Trinajstić information content (AvgIpc) is 2.37. The van der Waals surface area contributed by atoms with E-state index >= 15 is 0 Å². The van der Waals surface area contributed by atoms with E-state index < -0.39 is 11.8 Å². The molecule has 0 aliphatic heterocycles. The van der Waals surface area contributed by atoms with Crippen molar-refractivity contribution in [3.8, 4) is 11.8 Å². The third kappa shape index (κ3) is 3.31. The SMILES string of the molecule is COC(=O)c1c(F)ccc(C)c1C#CCCCO. The van der Waals surface area contributed by atoms with Gasteiger partial charge in [-0.15, -0.1) is 0 Å². The fourth-order valence-electron chi connectivity index (χ4n) is 1.46. The van der Waals surface area contributed by atoms with Gasteiger partial charge in [-0.1, -0.05) is 17.9 Å². The highest BCUT2D eigenvalue weighted by atomic mass is 19.1. The quantitative estimate of drug-likeness (QED) is 0.507. The number of methoxy groups -OCH3 is 1. The van der Waals surface area contributed by atoms with Gasteiger partial charge in [-0.3, -0.25) is 0 Å². The molecule has 0 aromatic heterocycles. The van der Waals surface area contributed by atoms with Crippen LogP contribution in [0.15, 0.2) is 12.1 Å². The number of ether oxygens (including phenoxy) is 1. The van der Waals surface area contributed by atoms with Crippen LogP contribution >= 0.6 is 0 Å². The Hall–Kier alpha value is -1.86. The highest BCUT2D eigenvalue weighted by Crippen LogP contribution is 2.18. The van der Waals surface area contributed by atoms with Crippen LogP contribution in [-0.2, 0) is 4.74 Å². The lowest BCUT2D eigenvalue weighted by molar-refractivity contribution is 0.0595. The second-order valence-corrected chi connectivity index (χ2v) is 3.73. The molecule has 1 aromatic carbocycles. The molecule has 1 N–H and O–H groups in total. The number of halogens is 1. The van der Waals surface area contributed by atoms with E-state index in [2.05, 4.69) is 16.6 Å². The predicted molar refractivity (Wildman–Crippen MR) is 65.7 cm³/mol. The van der Waals surface area contributed by atoms with Crippen molar-refractivity contribution < 1.29 is 19.0 Å². The summed E-state index contributed by atoms with van der Waals surface area (Å²) < 4.78 is 18.2. The molecule has 1 rings (SSSR count). The molecular formula is C14H15FO3. The first kappa shape index (κ1) is 14.2. The average molecular weight is 250 g/mol. The molecule has 1 aromatic rings. The van der Waals surface area contributed by atoms with Crippen LogP contribution in [0.4, 0.5) is 4.39 Å². The normalized spacial score (nSPS) is 9.56. The number of hydrogen-bond acceptors (Lipinski definition) is 3. The molecule has 0 atom stereocenters. The summed E-state index contributed by atoms with van der Waals surface area (Å²) in [7, 11) is 1.20. The zero-order valence-corrected chi connectivity index (χ0v) is 10.4. The van der Waals surface area contributed by atoms with E-state index in [0.29, 0.717) is 24.0 Å². The van der Waals surface area contributed by atoms with E-state index in [4.69, 9.17) is 5.11 Å². The first-order valence-corrected chi connectivity index (χ1v) is 5.59. The maximum absolute atomic E-state index is 13.6. The zero-order valence-electron chi connectivity index (χ0n) is 10.4. The smallest absolute Gasteiger partial charge is 0.342 e. The largest absolute Gasteiger partial charge is 0.465 e. The van der Waals surface area contributed by atoms with Gasteiger partial charge in [0.2, 0.25) is 0 Å². The van der Waals surface area contributed by atoms with Crippen LogP contribution in [0.3, 0.4) is 0 Å². The second-order valence-electron chi connectivity index (χ2n) is 3.73. The van der Waals surface area contributed by atoms with E-state index in [9.17, 15) is 9.18 Å². The van der Waals surface area contributed by atoms with Crippen LogP contribution in [0, 0.1) is 24.6 Å². The number of aliphatic hydroxyl groups excluding tert-OH is 1. The van der Waals surface area contributed by atoms with E-state index in [1.165, 1.54) is 13.2 Å². The lowest BCUT2D eigenvalue weighted by Gasteiger charge is -2.06. The van der Waals surface area contributed by atoms with Crippen LogP contribution < -0.4 is 0 Å². The van der Waals surface area contributed by atoms with Gasteiger partial charge in [0, 0.05) is 18.6 Å². The van der Waals surface area contributed by atoms with Crippen LogP contribution in [-0.4, -0.2) is 24.8 Å². The number of carbonyl (C=O) groups is 1. The molecule has 0 aliphatic carbocycles. The minimum absolute atomic E-state index is 0.0562. The number of aliphatic hydroxyl groups is 1. The van der Waals surface area contributed by atoms with Crippen LogP contribution in [0.1, 0.15) is 34.3 Å². The molecular weight excluding hydrogens is 235 g/mol. The number of hydrogen-bond donors (Lipinski definition) is 1. The van der Waals surface area contributed by atoms with Crippen molar-refractivity contribution in [3.05, 3.63) is 34.6 Å². The number of rotatable bonds is 3. The van der Waals surface area contributed by atoms with Gasteiger partial charge in [-0.05, 0) is 25.0 Å². The number of aryl methyl sites for hydroxylation is 1. The maximum Gasteiger partial charge on any atom is 0.342 e. The molecule has 18 heavy (non-hydrogen) atoms. The van der Waals surface area contributed by atoms with E-state index in [1.807, 2.05) is 0 Å². The standard InChI is InChI=1S/C14H15FO3/c1-10-7-8-12(15)13(14(17)18-2)11(10)6-4-3-5-9-16/h7-8,16H,3,5,9H2,1-2H3. The Morgan fingerprint density at radius 3 is 2.83 bits per heavy atom. The third-order valence-electron chi connectivity index (χ3n) is 2.43. The molecule has 0 saturated heterocycles. The zero-order chi connectivity index (χ0) is 13.5. The van der Waals surface area contributed by atoms with Crippen molar-refractivity contribution in [1.29, 1.82) is 0 Å². The van der Waals surface area contributed by atoms with Crippen molar-refractivity contribution in [2.45, 2.75) is 19.8 Å². The fraction of sp³-hybridized carbons (Fsp3) is 0.357. The van der Waals surface area contributed by atoms with Gasteiger partial charge in [0.1, 0.15) is 11.4 Å². The number of esters is 1. The first-order valence-electron chi connectivity index (χ1n) is 5.59. The molecule has 0 aliphatic rings. The molecule has 4 heteroatoms. The molecule has 0 fully saturated rings. The Balaban J connectivity index is 3.18. The molecule has 0 spiro atoms. The Bertz CT molecular complexity index is 498. The highest BCUT2D eigenvalue weighted by molar-refractivity contribution is 5.93. The Morgan fingerprint density at radius 1 is 1.50 bits per heavy atom. The molecule has 0 saturated carbocycles. The predicted octanol–water partition coefficient (Wildman–Crippen LogP) is 2.04. The summed E-state index contributed by atoms with van der Waals surface area (Å²) >= 11 is 0. The molecule has 0 unspecified atom stereocenters. The Kier molecular flexibility index (Phi) is 5.34. The van der Waals surface area contributed by atoms with E-state index in [1.54, 1.807) is 13.0 Å². The maximum atomic E-state index is 13.6. The molecule has 0 heterocycles. The third-order valence-corrected chi connectivity index (χ3v) is 2.43. The Labute approximate surface area is 106 Å². The number of benzene rings is 1. The van der Waals surface area contributed by atoms with Crippen molar-refractivity contribution in [1.82, 2.24) is 0 Å². The number of carbonyl (C=O) groups excluding carboxylic acids is 1. The summed E-state index contributed by atoms with van der Waals surface area (Å²) in [6, 6.07) is 2.79. The molecule has 96 valence electrons. The highest BCUT2D eigenvalue weighted by Gasteiger charge is 2.18. The van der Waals surface area contributed by atoms with Crippen LogP contribution in [0.25, 0.3) is 0 Å². The lowest BCUT2D eigenvalue weighted by atomic mass is 10.0. The molecule has 0 amide bonds. The van der Waals surface area contributed by atoms with Crippen molar-refractivity contribution in [2.24, 2.45) is 0 Å².